The summed E-state index contributed by atoms with van der Waals surface area (Å²) in [6, 6.07) is 16.4. The normalized spacial score (nSPS) is 23.0. The molecule has 0 saturated heterocycles. The molecule has 1 aliphatic carbocycles. The summed E-state index contributed by atoms with van der Waals surface area (Å²) in [5.41, 5.74) is 4.81. The van der Waals surface area contributed by atoms with Gasteiger partial charge in [-0.3, -0.25) is 19.4 Å². The van der Waals surface area contributed by atoms with Crippen LogP contribution in [0.25, 0.3) is 0 Å². The predicted molar refractivity (Wildman–Crippen MR) is 144 cm³/mol. The van der Waals surface area contributed by atoms with Gasteiger partial charge in [-0.05, 0) is 54.3 Å². The van der Waals surface area contributed by atoms with Crippen LogP contribution in [-0.2, 0) is 21.0 Å². The van der Waals surface area contributed by atoms with Crippen LogP contribution < -0.4 is 5.48 Å². The summed E-state index contributed by atoms with van der Waals surface area (Å²) in [6.07, 6.45) is 5.72. The lowest BCUT2D eigenvalue weighted by atomic mass is 9.75. The molecule has 2 heterocycles. The molecule has 2 amide bonds. The molecular weight excluding hydrogens is 525 g/mol. The monoisotopic (exact) mass is 551 g/mol. The zero-order valence-electron chi connectivity index (χ0n) is 20.6. The number of benzene rings is 2. The Kier molecular flexibility index (Phi) is 8.07. The van der Waals surface area contributed by atoms with Gasteiger partial charge in [0.15, 0.2) is 0 Å². The van der Waals surface area contributed by atoms with Crippen molar-refractivity contribution in [3.63, 3.8) is 0 Å². The van der Waals surface area contributed by atoms with Crippen molar-refractivity contribution >= 4 is 41.3 Å². The van der Waals surface area contributed by atoms with Gasteiger partial charge in [-0.25, -0.2) is 5.48 Å². The Morgan fingerprint density at radius 1 is 1.05 bits per heavy atom. The molecule has 0 radical (unpaired) electrons. The first kappa shape index (κ1) is 26.4. The summed E-state index contributed by atoms with van der Waals surface area (Å²) in [6.45, 7) is 0.0752. The maximum absolute atomic E-state index is 14.1. The fourth-order valence-corrected chi connectivity index (χ4v) is 6.16. The van der Waals surface area contributed by atoms with Crippen LogP contribution in [0.2, 0.25) is 10.0 Å². The smallest absolute Gasteiger partial charge is 0.254 e. The van der Waals surface area contributed by atoms with Crippen LogP contribution in [0.3, 0.4) is 0 Å². The van der Waals surface area contributed by atoms with E-state index in [2.05, 4.69) is 10.5 Å². The first-order chi connectivity index (χ1) is 18.5. The standard InChI is InChI=1S/C29H27Cl2N3O4/c30-19-12-13-23(24(31)15-19)27-26(28(36)33-38-17-20-8-5-6-14-32-20)21-9-2-3-10-22(21)29(37)34(27)25-11-4-1-7-18(25)16-35/h2-3,5-6,8-10,12-16,18,25-27H,1,4,7,11,17H2,(H,33,36). The van der Waals surface area contributed by atoms with Crippen LogP contribution in [0.1, 0.15) is 64.8 Å². The topological polar surface area (TPSA) is 88.6 Å². The van der Waals surface area contributed by atoms with Crippen molar-refractivity contribution in [1.29, 1.82) is 0 Å². The van der Waals surface area contributed by atoms with Gasteiger partial charge in [-0.2, -0.15) is 0 Å². The zero-order valence-corrected chi connectivity index (χ0v) is 22.1. The number of hydrogen-bond donors (Lipinski definition) is 1. The van der Waals surface area contributed by atoms with Crippen molar-refractivity contribution < 1.29 is 19.2 Å². The number of hydrogen-bond acceptors (Lipinski definition) is 5. The van der Waals surface area contributed by atoms with Crippen molar-refractivity contribution in [2.45, 2.75) is 50.3 Å². The lowest BCUT2D eigenvalue weighted by molar-refractivity contribution is -0.138. The average Bonchev–Trinajstić information content (AvgIpc) is 2.93. The summed E-state index contributed by atoms with van der Waals surface area (Å²) in [5, 5.41) is 0.779. The highest BCUT2D eigenvalue weighted by molar-refractivity contribution is 6.35. The molecule has 1 aromatic heterocycles. The molecule has 5 rings (SSSR count). The predicted octanol–water partition coefficient (Wildman–Crippen LogP) is 5.67. The number of pyridine rings is 1. The third-order valence-corrected chi connectivity index (χ3v) is 7.93. The second kappa shape index (κ2) is 11.6. The fraction of sp³-hybridized carbons (Fsp3) is 0.310. The van der Waals surface area contributed by atoms with Crippen LogP contribution in [0.5, 0.6) is 0 Å². The molecule has 0 bridgehead atoms. The molecule has 7 nitrogen and oxygen atoms in total. The molecule has 9 heteroatoms. The molecule has 2 aliphatic rings. The Morgan fingerprint density at radius 3 is 2.61 bits per heavy atom. The van der Waals surface area contributed by atoms with E-state index < -0.39 is 17.9 Å². The number of hydroxylamine groups is 1. The van der Waals surface area contributed by atoms with E-state index in [0.29, 0.717) is 45.3 Å². The van der Waals surface area contributed by atoms with Gasteiger partial charge in [-0.15, -0.1) is 0 Å². The van der Waals surface area contributed by atoms with E-state index in [1.54, 1.807) is 65.7 Å². The van der Waals surface area contributed by atoms with Gasteiger partial charge in [0.25, 0.3) is 11.8 Å². The van der Waals surface area contributed by atoms with Gasteiger partial charge >= 0.3 is 0 Å². The summed E-state index contributed by atoms with van der Waals surface area (Å²) < 4.78 is 0. The van der Waals surface area contributed by atoms with Gasteiger partial charge in [0, 0.05) is 33.8 Å². The molecule has 3 aromatic rings. The third kappa shape index (κ3) is 5.19. The zero-order chi connectivity index (χ0) is 26.6. The number of carbonyl (C=O) groups excluding carboxylic acids is 3. The SMILES string of the molecule is O=CC1CCCCC1N1C(=O)c2ccccc2C(C(=O)NOCc2ccccn2)C1c1ccc(Cl)cc1Cl. The van der Waals surface area contributed by atoms with E-state index in [-0.39, 0.29) is 24.5 Å². The van der Waals surface area contributed by atoms with Crippen molar-refractivity contribution in [2.24, 2.45) is 5.92 Å². The molecule has 2 aromatic carbocycles. The minimum absolute atomic E-state index is 0.0752. The van der Waals surface area contributed by atoms with Crippen molar-refractivity contribution in [1.82, 2.24) is 15.4 Å². The van der Waals surface area contributed by atoms with Crippen LogP contribution in [-0.4, -0.2) is 34.0 Å². The molecule has 1 fully saturated rings. The van der Waals surface area contributed by atoms with Gasteiger partial charge in [0.2, 0.25) is 0 Å². The number of rotatable bonds is 7. The second-order valence-electron chi connectivity index (χ2n) is 9.62. The first-order valence-electron chi connectivity index (χ1n) is 12.6. The molecule has 1 N–H and O–H groups in total. The minimum atomic E-state index is -0.847. The lowest BCUT2D eigenvalue weighted by Gasteiger charge is -2.48. The van der Waals surface area contributed by atoms with E-state index in [1.165, 1.54) is 0 Å². The van der Waals surface area contributed by atoms with E-state index in [0.717, 1.165) is 19.1 Å². The minimum Gasteiger partial charge on any atom is -0.327 e. The Bertz CT molecular complexity index is 1340. The number of aldehydes is 1. The Labute approximate surface area is 231 Å². The first-order valence-corrected chi connectivity index (χ1v) is 13.4. The lowest BCUT2D eigenvalue weighted by Crippen LogP contribution is -2.54. The van der Waals surface area contributed by atoms with E-state index in [1.807, 2.05) is 6.07 Å². The maximum atomic E-state index is 14.1. The number of fused-ring (bicyclic) bond motifs is 1. The highest BCUT2D eigenvalue weighted by atomic mass is 35.5. The Balaban J connectivity index is 1.59. The van der Waals surface area contributed by atoms with Gasteiger partial charge in [0.05, 0.1) is 17.7 Å². The van der Waals surface area contributed by atoms with Crippen LogP contribution in [0, 0.1) is 5.92 Å². The number of nitrogens with zero attached hydrogens (tertiary/aromatic N) is 2. The van der Waals surface area contributed by atoms with Gasteiger partial charge < -0.3 is 9.69 Å². The largest absolute Gasteiger partial charge is 0.327 e. The van der Waals surface area contributed by atoms with Crippen molar-refractivity contribution in [2.75, 3.05) is 0 Å². The second-order valence-corrected chi connectivity index (χ2v) is 10.5. The number of nitrogens with one attached hydrogen (secondary N) is 1. The van der Waals surface area contributed by atoms with Gasteiger partial charge in [-0.1, -0.05) is 66.4 Å². The molecule has 4 atom stereocenters. The highest BCUT2D eigenvalue weighted by Gasteiger charge is 2.49. The summed E-state index contributed by atoms with van der Waals surface area (Å²) >= 11 is 12.9. The molecule has 4 unspecified atom stereocenters. The van der Waals surface area contributed by atoms with Crippen LogP contribution >= 0.6 is 23.2 Å². The quantitative estimate of drug-likeness (QED) is 0.301. The third-order valence-electron chi connectivity index (χ3n) is 7.37. The molecule has 196 valence electrons. The van der Waals surface area contributed by atoms with Crippen molar-refractivity contribution in [3.05, 3.63) is 99.3 Å². The average molecular weight is 552 g/mol. The fourth-order valence-electron chi connectivity index (χ4n) is 5.64. The van der Waals surface area contributed by atoms with Crippen LogP contribution in [0.4, 0.5) is 0 Å². The number of aromatic nitrogens is 1. The highest BCUT2D eigenvalue weighted by Crippen LogP contribution is 2.48. The summed E-state index contributed by atoms with van der Waals surface area (Å²) in [4.78, 5) is 51.5. The Morgan fingerprint density at radius 2 is 1.84 bits per heavy atom. The van der Waals surface area contributed by atoms with Gasteiger partial charge in [0.1, 0.15) is 12.9 Å². The summed E-state index contributed by atoms with van der Waals surface area (Å²) in [5.74, 6) is -1.84. The molecule has 38 heavy (non-hydrogen) atoms. The van der Waals surface area contributed by atoms with E-state index in [9.17, 15) is 14.4 Å². The van der Waals surface area contributed by atoms with Crippen molar-refractivity contribution in [3.8, 4) is 0 Å². The van der Waals surface area contributed by atoms with Crippen LogP contribution in [0.15, 0.2) is 66.9 Å². The number of carbonyl (C=O) groups is 3. The molecule has 1 saturated carbocycles. The summed E-state index contributed by atoms with van der Waals surface area (Å²) in [7, 11) is 0. The van der Waals surface area contributed by atoms with E-state index in [4.69, 9.17) is 28.0 Å². The number of amides is 2. The van der Waals surface area contributed by atoms with E-state index >= 15 is 0 Å². The molecule has 1 aliphatic heterocycles. The maximum Gasteiger partial charge on any atom is 0.254 e. The number of halogens is 2. The molecular formula is C29H27Cl2N3O4. The Hall–Kier alpha value is -3.26. The molecule has 0 spiro atoms.